The van der Waals surface area contributed by atoms with Gasteiger partial charge in [-0.3, -0.25) is 0 Å². The van der Waals surface area contributed by atoms with Crippen molar-refractivity contribution in [3.8, 4) is 34.3 Å². The van der Waals surface area contributed by atoms with Crippen LogP contribution in [-0.2, 0) is 17.6 Å². The smallest absolute Gasteiger partial charge is 0.406 e. The van der Waals surface area contributed by atoms with Gasteiger partial charge in [0.15, 0.2) is 11.6 Å². The minimum atomic E-state index is -4.89. The Morgan fingerprint density at radius 1 is 0.426 bits per heavy atom. The van der Waals surface area contributed by atoms with E-state index in [1.165, 1.54) is 61.4 Å². The molecule has 2 aromatic heterocycles. The van der Waals surface area contributed by atoms with Crippen molar-refractivity contribution in [2.24, 2.45) is 0 Å². The maximum atomic E-state index is 13.1. The van der Waals surface area contributed by atoms with E-state index in [4.69, 9.17) is 4.74 Å². The van der Waals surface area contributed by atoms with Gasteiger partial charge in [0.1, 0.15) is 23.7 Å². The fourth-order valence-electron chi connectivity index (χ4n) is 6.92. The van der Waals surface area contributed by atoms with Crippen LogP contribution in [0.1, 0.15) is 111 Å². The molecule has 320 valence electrons. The zero-order valence-corrected chi connectivity index (χ0v) is 34.1. The predicted octanol–water partition coefficient (Wildman–Crippen LogP) is 13.5. The first-order chi connectivity index (χ1) is 29.4. The quantitative estimate of drug-likeness (QED) is 0.0559. The molecule has 2 heterocycles. The number of hydrogen-bond acceptors (Lipinski definition) is 7. The molecule has 2 atom stereocenters. The number of rotatable bonds is 20. The third-order valence-electron chi connectivity index (χ3n) is 10.1. The van der Waals surface area contributed by atoms with Crippen LogP contribution in [0.15, 0.2) is 122 Å². The molecule has 0 aliphatic rings. The Morgan fingerprint density at radius 2 is 0.738 bits per heavy atom. The van der Waals surface area contributed by atoms with Gasteiger partial charge in [0, 0.05) is 35.9 Å². The lowest BCUT2D eigenvalue weighted by Crippen LogP contribution is -2.17. The molecule has 0 saturated heterocycles. The number of nitrogens with zero attached hydrogens (tertiary/aromatic N) is 4. The third-order valence-corrected chi connectivity index (χ3v) is 10.1. The molecule has 6 rings (SSSR count). The van der Waals surface area contributed by atoms with Crippen molar-refractivity contribution in [1.29, 1.82) is 0 Å². The largest absolute Gasteiger partial charge is 0.573 e. The van der Waals surface area contributed by atoms with Crippen molar-refractivity contribution < 1.29 is 40.6 Å². The molecule has 0 radical (unpaired) electrons. The second-order valence-corrected chi connectivity index (χ2v) is 14.8. The first-order valence-corrected chi connectivity index (χ1v) is 20.6. The van der Waals surface area contributed by atoms with Crippen molar-refractivity contribution in [1.82, 2.24) is 19.9 Å². The molecule has 0 saturated carbocycles. The van der Waals surface area contributed by atoms with Gasteiger partial charge in [-0.05, 0) is 83.3 Å². The van der Waals surface area contributed by atoms with Crippen LogP contribution in [0.3, 0.4) is 0 Å². The Bertz CT molecular complexity index is 2060. The molecule has 61 heavy (non-hydrogen) atoms. The highest BCUT2D eigenvalue weighted by Crippen LogP contribution is 2.39. The van der Waals surface area contributed by atoms with Crippen LogP contribution in [0.25, 0.3) is 22.8 Å². The normalized spacial score (nSPS) is 12.9. The molecule has 4 aromatic carbocycles. The highest BCUT2D eigenvalue weighted by molar-refractivity contribution is 5.57. The molecule has 13 heteroatoms. The highest BCUT2D eigenvalue weighted by Gasteiger charge is 2.32. The van der Waals surface area contributed by atoms with E-state index >= 15 is 0 Å². The van der Waals surface area contributed by atoms with E-state index in [9.17, 15) is 26.3 Å². The average molecular weight is 843 g/mol. The van der Waals surface area contributed by atoms with Gasteiger partial charge >= 0.3 is 12.7 Å². The molecule has 0 bridgehead atoms. The molecule has 0 aliphatic carbocycles. The molecule has 0 N–H and O–H groups in total. The maximum absolute atomic E-state index is 13.1. The summed E-state index contributed by atoms with van der Waals surface area (Å²) < 4.78 is 93.8. The summed E-state index contributed by atoms with van der Waals surface area (Å²) >= 11 is 0. The maximum Gasteiger partial charge on any atom is 0.573 e. The van der Waals surface area contributed by atoms with Crippen LogP contribution >= 0.6 is 0 Å². The van der Waals surface area contributed by atoms with E-state index in [2.05, 4.69) is 43.3 Å². The lowest BCUT2D eigenvalue weighted by atomic mass is 9.96. The molecular weight excluding hydrogens is 795 g/mol. The zero-order chi connectivity index (χ0) is 43.2. The Labute approximate surface area is 352 Å². The standard InChI is InChI=1S/C48H48F6N4O3/c1-3-5-7-9-11-33-29-55-45(56-30-33)39-17-13-35(14-18-39)43(37-21-25-41(26-22-37)60-47(49,50)51)59-44(38-23-27-42(28-24-38)61-48(52,53)54)36-15-19-40(20-16-36)46-57-31-34(32-58-46)12-10-8-6-4-2/h13-32,43-44H,3-12H2,1-2H3. The summed E-state index contributed by atoms with van der Waals surface area (Å²) in [5, 5.41) is 0. The van der Waals surface area contributed by atoms with Crippen LogP contribution < -0.4 is 9.47 Å². The number of ether oxygens (including phenoxy) is 3. The van der Waals surface area contributed by atoms with Gasteiger partial charge in [-0.2, -0.15) is 0 Å². The van der Waals surface area contributed by atoms with E-state index in [0.29, 0.717) is 33.9 Å². The molecule has 2 unspecified atom stereocenters. The number of alkyl halides is 6. The molecule has 0 aliphatic heterocycles. The second-order valence-electron chi connectivity index (χ2n) is 14.8. The minimum Gasteiger partial charge on any atom is -0.406 e. The van der Waals surface area contributed by atoms with Crippen LogP contribution in [0, 0.1) is 0 Å². The number of unbranched alkanes of at least 4 members (excludes halogenated alkanes) is 6. The van der Waals surface area contributed by atoms with Crippen LogP contribution in [0.2, 0.25) is 0 Å². The fourth-order valence-corrected chi connectivity index (χ4v) is 6.92. The zero-order valence-electron chi connectivity index (χ0n) is 34.1. The van der Waals surface area contributed by atoms with Crippen molar-refractivity contribution in [2.75, 3.05) is 0 Å². The highest BCUT2D eigenvalue weighted by atomic mass is 19.4. The number of hydrogen-bond donors (Lipinski definition) is 0. The van der Waals surface area contributed by atoms with E-state index in [1.54, 1.807) is 0 Å². The number of aryl methyl sites for hydroxylation is 2. The Balaban J connectivity index is 1.32. The third kappa shape index (κ3) is 13.6. The topological polar surface area (TPSA) is 79.2 Å². The van der Waals surface area contributed by atoms with Gasteiger partial charge in [0.2, 0.25) is 0 Å². The Kier molecular flexibility index (Phi) is 15.5. The average Bonchev–Trinajstić information content (AvgIpc) is 3.25. The summed E-state index contributed by atoms with van der Waals surface area (Å²) in [6.45, 7) is 4.34. The van der Waals surface area contributed by atoms with Crippen molar-refractivity contribution in [3.05, 3.63) is 155 Å². The van der Waals surface area contributed by atoms with E-state index in [0.717, 1.165) is 73.6 Å². The Morgan fingerprint density at radius 3 is 1.03 bits per heavy atom. The molecule has 0 fully saturated rings. The summed E-state index contributed by atoms with van der Waals surface area (Å²) in [6.07, 6.45) is 6.66. The molecule has 0 amide bonds. The number of benzene rings is 4. The number of aromatic nitrogens is 4. The van der Waals surface area contributed by atoms with Crippen LogP contribution in [0.5, 0.6) is 11.5 Å². The summed E-state index contributed by atoms with van der Waals surface area (Å²) in [7, 11) is 0. The van der Waals surface area contributed by atoms with Crippen molar-refractivity contribution >= 4 is 0 Å². The summed E-state index contributed by atoms with van der Waals surface area (Å²) in [5.41, 5.74) is 5.86. The van der Waals surface area contributed by atoms with Gasteiger partial charge < -0.3 is 14.2 Å². The van der Waals surface area contributed by atoms with E-state index in [-0.39, 0.29) is 0 Å². The van der Waals surface area contributed by atoms with Crippen molar-refractivity contribution in [3.63, 3.8) is 0 Å². The van der Waals surface area contributed by atoms with Gasteiger partial charge in [-0.1, -0.05) is 125 Å². The summed E-state index contributed by atoms with van der Waals surface area (Å²) in [5.74, 6) is 0.241. The van der Waals surface area contributed by atoms with Gasteiger partial charge in [0.05, 0.1) is 0 Å². The van der Waals surface area contributed by atoms with E-state index in [1.807, 2.05) is 73.3 Å². The molecule has 7 nitrogen and oxygen atoms in total. The predicted molar refractivity (Wildman–Crippen MR) is 222 cm³/mol. The number of halogens is 6. The van der Waals surface area contributed by atoms with Crippen LogP contribution in [0.4, 0.5) is 26.3 Å². The first-order valence-electron chi connectivity index (χ1n) is 20.6. The van der Waals surface area contributed by atoms with Gasteiger partial charge in [-0.25, -0.2) is 19.9 Å². The monoisotopic (exact) mass is 842 g/mol. The SMILES string of the molecule is CCCCCCc1cnc(-c2ccc(C(OC(c3ccc(OC(F)(F)F)cc3)c3ccc(-c4ncc(CCCCCC)cn4)cc3)c3ccc(OC(F)(F)F)cc3)cc2)nc1. The van der Waals surface area contributed by atoms with Crippen molar-refractivity contribution in [2.45, 2.75) is 103 Å². The minimum absolute atomic E-state index is 0.407. The Hall–Kier alpha value is -5.82. The van der Waals surface area contributed by atoms with E-state index < -0.39 is 36.4 Å². The molecule has 0 spiro atoms. The second kappa shape index (κ2) is 21.1. The lowest BCUT2D eigenvalue weighted by molar-refractivity contribution is -0.275. The molecule has 6 aromatic rings. The molecular formula is C48H48F6N4O3. The fraction of sp³-hybridized carbons (Fsp3) is 0.333. The van der Waals surface area contributed by atoms with Gasteiger partial charge in [-0.15, -0.1) is 26.3 Å². The first kappa shape index (κ1) is 44.7. The van der Waals surface area contributed by atoms with Crippen LogP contribution in [-0.4, -0.2) is 32.7 Å². The van der Waals surface area contributed by atoms with Gasteiger partial charge in [0.25, 0.3) is 0 Å². The summed E-state index contributed by atoms with van der Waals surface area (Å²) in [6, 6.07) is 25.4. The summed E-state index contributed by atoms with van der Waals surface area (Å²) in [4.78, 5) is 18.4. The lowest BCUT2D eigenvalue weighted by Gasteiger charge is -2.27.